The maximum absolute atomic E-state index is 12.1. The molecule has 0 aliphatic heterocycles. The summed E-state index contributed by atoms with van der Waals surface area (Å²) in [5.41, 5.74) is 0. The minimum absolute atomic E-state index is 0.161. The molecule has 1 aromatic heterocycles. The van der Waals surface area contributed by atoms with Crippen LogP contribution in [0, 0.1) is 0 Å². The minimum Gasteiger partial charge on any atom is -0.381 e. The van der Waals surface area contributed by atoms with Gasteiger partial charge in [0, 0.05) is 33.0 Å². The van der Waals surface area contributed by atoms with Crippen LogP contribution in [0.1, 0.15) is 26.2 Å². The fourth-order valence-electron chi connectivity index (χ4n) is 1.60. The van der Waals surface area contributed by atoms with Crippen molar-refractivity contribution in [3.8, 4) is 0 Å². The Hall–Kier alpha value is -1.18. The Bertz CT molecular complexity index is 491. The first kappa shape index (κ1) is 16.9. The number of anilines is 1. The summed E-state index contributed by atoms with van der Waals surface area (Å²) in [6.07, 6.45) is 4.33. The van der Waals surface area contributed by atoms with Crippen molar-refractivity contribution in [3.63, 3.8) is 0 Å². The van der Waals surface area contributed by atoms with Crippen LogP contribution in [-0.4, -0.2) is 40.2 Å². The third kappa shape index (κ3) is 5.44. The molecule has 1 heterocycles. The predicted octanol–water partition coefficient (Wildman–Crippen LogP) is 1.61. The van der Waals surface area contributed by atoms with Crippen LogP contribution in [0.5, 0.6) is 0 Å². The number of aromatic nitrogens is 1. The first-order chi connectivity index (χ1) is 9.61. The number of sulfonamides is 1. The monoisotopic (exact) mass is 301 g/mol. The molecule has 0 spiro atoms. The quantitative estimate of drug-likeness (QED) is 0.642. The van der Waals surface area contributed by atoms with Gasteiger partial charge in [0.25, 0.3) is 0 Å². The Labute approximate surface area is 121 Å². The van der Waals surface area contributed by atoms with Crippen LogP contribution in [0.15, 0.2) is 23.2 Å². The van der Waals surface area contributed by atoms with E-state index in [1.807, 2.05) is 0 Å². The van der Waals surface area contributed by atoms with Crippen LogP contribution < -0.4 is 10.0 Å². The van der Waals surface area contributed by atoms with Gasteiger partial charge in [-0.05, 0) is 25.0 Å². The molecule has 0 amide bonds. The molecular formula is C13H23N3O3S. The third-order valence-electron chi connectivity index (χ3n) is 2.70. The molecule has 0 aliphatic rings. The smallest absolute Gasteiger partial charge is 0.244 e. The Kier molecular flexibility index (Phi) is 7.50. The van der Waals surface area contributed by atoms with E-state index in [4.69, 9.17) is 4.74 Å². The van der Waals surface area contributed by atoms with E-state index in [0.717, 1.165) is 19.4 Å². The first-order valence-electron chi connectivity index (χ1n) is 6.82. The van der Waals surface area contributed by atoms with E-state index in [1.54, 1.807) is 19.3 Å². The summed E-state index contributed by atoms with van der Waals surface area (Å²) in [6, 6.07) is 3.13. The van der Waals surface area contributed by atoms with Gasteiger partial charge in [-0.1, -0.05) is 13.3 Å². The number of unbranched alkanes of at least 4 members (excludes halogenated alkanes) is 1. The van der Waals surface area contributed by atoms with Crippen LogP contribution in [0.25, 0.3) is 0 Å². The molecule has 20 heavy (non-hydrogen) atoms. The Morgan fingerprint density at radius 3 is 2.75 bits per heavy atom. The highest BCUT2D eigenvalue weighted by molar-refractivity contribution is 7.89. The van der Waals surface area contributed by atoms with Gasteiger partial charge < -0.3 is 10.1 Å². The Morgan fingerprint density at radius 1 is 1.30 bits per heavy atom. The van der Waals surface area contributed by atoms with E-state index in [2.05, 4.69) is 21.9 Å². The average molecular weight is 301 g/mol. The largest absolute Gasteiger partial charge is 0.381 e. The predicted molar refractivity (Wildman–Crippen MR) is 79.3 cm³/mol. The second-order valence-electron chi connectivity index (χ2n) is 4.32. The summed E-state index contributed by atoms with van der Waals surface area (Å²) in [5, 5.41) is 2.77. The zero-order chi connectivity index (χ0) is 14.8. The molecule has 0 saturated carbocycles. The lowest BCUT2D eigenvalue weighted by molar-refractivity contribution is 0.130. The molecule has 0 saturated heterocycles. The molecule has 0 bridgehead atoms. The summed E-state index contributed by atoms with van der Waals surface area (Å²) in [7, 11) is -1.89. The SMILES string of the molecule is CCCCOCCCNS(=O)(=O)c1cccnc1NC. The maximum atomic E-state index is 12.1. The third-order valence-corrected chi connectivity index (χ3v) is 4.19. The Balaban J connectivity index is 2.42. The van der Waals surface area contributed by atoms with Crippen molar-refractivity contribution in [2.24, 2.45) is 0 Å². The van der Waals surface area contributed by atoms with Crippen molar-refractivity contribution < 1.29 is 13.2 Å². The van der Waals surface area contributed by atoms with Crippen LogP contribution in [0.3, 0.4) is 0 Å². The average Bonchev–Trinajstić information content (AvgIpc) is 2.46. The van der Waals surface area contributed by atoms with Crippen molar-refractivity contribution >= 4 is 15.8 Å². The van der Waals surface area contributed by atoms with Gasteiger partial charge in [-0.15, -0.1) is 0 Å². The van der Waals surface area contributed by atoms with E-state index in [0.29, 0.717) is 25.4 Å². The van der Waals surface area contributed by atoms with E-state index in [-0.39, 0.29) is 4.90 Å². The summed E-state index contributed by atoms with van der Waals surface area (Å²) in [5.74, 6) is 0.346. The second-order valence-corrected chi connectivity index (χ2v) is 6.05. The van der Waals surface area contributed by atoms with Gasteiger partial charge in [0.1, 0.15) is 10.7 Å². The molecular weight excluding hydrogens is 278 g/mol. The second kappa shape index (κ2) is 8.89. The van der Waals surface area contributed by atoms with Gasteiger partial charge in [0.2, 0.25) is 10.0 Å². The lowest BCUT2D eigenvalue weighted by atomic mass is 10.4. The highest BCUT2D eigenvalue weighted by Gasteiger charge is 2.17. The molecule has 0 fully saturated rings. The van der Waals surface area contributed by atoms with E-state index in [9.17, 15) is 8.42 Å². The molecule has 0 unspecified atom stereocenters. The lowest BCUT2D eigenvalue weighted by Crippen LogP contribution is -2.26. The zero-order valence-corrected chi connectivity index (χ0v) is 12.9. The summed E-state index contributed by atoms with van der Waals surface area (Å²) >= 11 is 0. The van der Waals surface area contributed by atoms with Gasteiger partial charge >= 0.3 is 0 Å². The van der Waals surface area contributed by atoms with Crippen molar-refractivity contribution in [2.75, 3.05) is 32.1 Å². The van der Waals surface area contributed by atoms with Crippen molar-refractivity contribution in [1.29, 1.82) is 0 Å². The number of nitrogens with zero attached hydrogens (tertiary/aromatic N) is 1. The fourth-order valence-corrected chi connectivity index (χ4v) is 2.84. The van der Waals surface area contributed by atoms with Gasteiger partial charge in [0.05, 0.1) is 0 Å². The topological polar surface area (TPSA) is 80.3 Å². The van der Waals surface area contributed by atoms with Crippen LogP contribution in [0.4, 0.5) is 5.82 Å². The molecule has 2 N–H and O–H groups in total. The number of nitrogens with one attached hydrogen (secondary N) is 2. The number of ether oxygens (including phenoxy) is 1. The number of pyridine rings is 1. The van der Waals surface area contributed by atoms with E-state index >= 15 is 0 Å². The van der Waals surface area contributed by atoms with Crippen LogP contribution in [0.2, 0.25) is 0 Å². The molecule has 0 radical (unpaired) electrons. The standard InChI is InChI=1S/C13H23N3O3S/c1-3-4-10-19-11-6-9-16-20(17,18)12-7-5-8-15-13(12)14-2/h5,7-8,16H,3-4,6,9-11H2,1-2H3,(H,14,15). The number of hydrogen-bond acceptors (Lipinski definition) is 5. The molecule has 1 aromatic rings. The van der Waals surface area contributed by atoms with E-state index in [1.165, 1.54) is 6.07 Å². The fraction of sp³-hybridized carbons (Fsp3) is 0.615. The van der Waals surface area contributed by atoms with Gasteiger partial charge in [-0.3, -0.25) is 0 Å². The number of rotatable bonds is 10. The van der Waals surface area contributed by atoms with Crippen LogP contribution in [-0.2, 0) is 14.8 Å². The van der Waals surface area contributed by atoms with Crippen molar-refractivity contribution in [3.05, 3.63) is 18.3 Å². The molecule has 0 aliphatic carbocycles. The first-order valence-corrected chi connectivity index (χ1v) is 8.30. The zero-order valence-electron chi connectivity index (χ0n) is 12.1. The normalized spacial score (nSPS) is 11.5. The molecule has 6 nitrogen and oxygen atoms in total. The Morgan fingerprint density at radius 2 is 2.05 bits per heavy atom. The summed E-state index contributed by atoms with van der Waals surface area (Å²) in [4.78, 5) is 4.15. The van der Waals surface area contributed by atoms with Crippen molar-refractivity contribution in [1.82, 2.24) is 9.71 Å². The molecule has 114 valence electrons. The lowest BCUT2D eigenvalue weighted by Gasteiger charge is -2.10. The molecule has 1 rings (SSSR count). The molecule has 0 aromatic carbocycles. The summed E-state index contributed by atoms with van der Waals surface area (Å²) in [6.45, 7) is 3.75. The molecule has 0 atom stereocenters. The maximum Gasteiger partial charge on any atom is 0.244 e. The summed E-state index contributed by atoms with van der Waals surface area (Å²) < 4.78 is 32.2. The van der Waals surface area contributed by atoms with Gasteiger partial charge in [-0.2, -0.15) is 0 Å². The molecule has 7 heteroatoms. The highest BCUT2D eigenvalue weighted by atomic mass is 32.2. The number of hydrogen-bond donors (Lipinski definition) is 2. The van der Waals surface area contributed by atoms with Crippen LogP contribution >= 0.6 is 0 Å². The highest BCUT2D eigenvalue weighted by Crippen LogP contribution is 2.16. The van der Waals surface area contributed by atoms with Gasteiger partial charge in [-0.25, -0.2) is 18.1 Å². The minimum atomic E-state index is -3.53. The van der Waals surface area contributed by atoms with E-state index < -0.39 is 10.0 Å². The van der Waals surface area contributed by atoms with Crippen molar-refractivity contribution in [2.45, 2.75) is 31.1 Å². The van der Waals surface area contributed by atoms with Gasteiger partial charge in [0.15, 0.2) is 0 Å².